The molecule has 690 valence electrons. The number of carboxylic acid groups (broad SMARTS) is 2. The van der Waals surface area contributed by atoms with E-state index in [0.29, 0.717) is 66.2 Å². The number of aliphatic carboxylic acids is 2. The quantitative estimate of drug-likeness (QED) is 0.0409. The fourth-order valence-corrected chi connectivity index (χ4v) is 27.8. The minimum Gasteiger partial charge on any atom is -0.481 e. The van der Waals surface area contributed by atoms with Crippen molar-refractivity contribution >= 4 is 71.0 Å². The van der Waals surface area contributed by atoms with Crippen LogP contribution in [0.1, 0.15) is 292 Å². The van der Waals surface area contributed by atoms with Crippen molar-refractivity contribution in [3.63, 3.8) is 0 Å². The van der Waals surface area contributed by atoms with Crippen LogP contribution in [-0.4, -0.2) is 179 Å². The number of carbonyl (C=O) groups is 8. The van der Waals surface area contributed by atoms with Gasteiger partial charge in [0.15, 0.2) is 11.6 Å². The second-order valence-electron chi connectivity index (χ2n) is 45.7. The third kappa shape index (κ3) is 19.3. The summed E-state index contributed by atoms with van der Waals surface area (Å²) in [6.45, 7) is 48.3. The van der Waals surface area contributed by atoms with Crippen LogP contribution in [-0.2, 0) is 60.9 Å². The smallest absolute Gasteiger partial charge is 0.410 e. The van der Waals surface area contributed by atoms with Gasteiger partial charge in [-0.15, -0.1) is 0 Å². The number of nitrogens with zero attached hydrogens (tertiary/aromatic N) is 4. The lowest BCUT2D eigenvalue weighted by Crippen LogP contribution is -2.66. The summed E-state index contributed by atoms with van der Waals surface area (Å²) in [5.74, 6) is -0.475. The Kier molecular flexibility index (Phi) is 30.6. The number of benzene rings is 2. The van der Waals surface area contributed by atoms with Gasteiger partial charge in [-0.3, -0.25) is 33.7 Å². The highest BCUT2D eigenvalue weighted by atomic mass is 35.5. The fraction of sp³-hybridized carbons (Fsp3) is 0.765. The molecule has 8 fully saturated rings. The van der Waals surface area contributed by atoms with Crippen LogP contribution >= 0.6 is 23.2 Å². The maximum Gasteiger partial charge on any atom is 0.410 e. The Balaban J connectivity index is 0.000000260. The van der Waals surface area contributed by atoms with E-state index in [4.69, 9.17) is 37.4 Å². The minimum absolute atomic E-state index is 0. The van der Waals surface area contributed by atoms with Crippen LogP contribution in [0.4, 0.5) is 4.79 Å². The molecule has 0 bridgehead atoms. The molecule has 18 atom stereocenters. The number of allylic oxidation sites excluding steroid dienone is 2. The summed E-state index contributed by atoms with van der Waals surface area (Å²) in [6.07, 6.45) is 13.5. The average molecular weight is 1750 g/mol. The lowest BCUT2D eigenvalue weighted by Gasteiger charge is -2.72. The third-order valence-electron chi connectivity index (χ3n) is 34.4. The molecule has 1 amide bonds. The number of fused-ring (bicyclic) bond motifs is 14. The Labute approximate surface area is 748 Å². The summed E-state index contributed by atoms with van der Waals surface area (Å²) in [4.78, 5) is 110. The fourth-order valence-electron chi connectivity index (χ4n) is 27.5. The number of amides is 1. The Morgan fingerprint density at radius 3 is 1.22 bits per heavy atom. The van der Waals surface area contributed by atoms with Gasteiger partial charge in [0.25, 0.3) is 0 Å². The molecule has 0 heterocycles. The lowest BCUT2D eigenvalue weighted by molar-refractivity contribution is -0.235. The summed E-state index contributed by atoms with van der Waals surface area (Å²) in [6, 6.07) is 15.4. The Bertz CT molecular complexity index is 4250. The molecule has 2 aromatic rings. The first-order valence-corrected chi connectivity index (χ1v) is 46.8. The van der Waals surface area contributed by atoms with Crippen molar-refractivity contribution in [1.82, 2.24) is 19.6 Å². The molecule has 8 saturated carbocycles. The van der Waals surface area contributed by atoms with Crippen LogP contribution < -0.4 is 0 Å². The Hall–Kier alpha value is -5.54. The van der Waals surface area contributed by atoms with Gasteiger partial charge < -0.3 is 54.1 Å². The van der Waals surface area contributed by atoms with Gasteiger partial charge in [-0.2, -0.15) is 0 Å². The molecular formula is C102H158Cl2N4O15. The van der Waals surface area contributed by atoms with Gasteiger partial charge in [0, 0.05) is 77.3 Å². The summed E-state index contributed by atoms with van der Waals surface area (Å²) in [7, 11) is 7.88. The second kappa shape index (κ2) is 37.1. The van der Waals surface area contributed by atoms with Crippen molar-refractivity contribution in [2.45, 2.75) is 324 Å². The molecule has 0 spiro atoms. The Morgan fingerprint density at radius 1 is 0.496 bits per heavy atom. The van der Waals surface area contributed by atoms with Gasteiger partial charge in [-0.05, 0) is 306 Å². The first kappa shape index (κ1) is 101. The van der Waals surface area contributed by atoms with Crippen LogP contribution in [0.5, 0.6) is 0 Å². The molecule has 0 radical (unpaired) electrons. The van der Waals surface area contributed by atoms with Crippen molar-refractivity contribution in [3.8, 4) is 0 Å². The standard InChI is InChI=1S/C49H72ClNO8.C48H73ClN2O6.C4H9NO.CH4/c1-29(2)39-33(52)25-49(36(53)28-51(42(57)59-43(3,4)5)27-30-13-15-31(50)16-14-30)24-23-47(11)32(40(39)49)17-18-35-46(10)21-20-37(58-38(54)26-44(6,7)41(55)56)45(8,9)34(46)19-22-48(35,47)12;1-30(2)40-34(52)26-48(37(53)29-51(25-24-50(10)11)28-31-12-14-32(49)15-13-31)23-22-46(8)33(41(40)48)16-17-36-45(7)20-19-38(57-39(54)27-43(3,4)42(55)56)44(5,6)35(45)18-21-47(36,46)9;1-5(2)3-4-6;/h13-16,29,32,34-37,53H,17-28H2,1-12H3,(H,55,56);12-15,30,33,35-38,53H,16-29H2,1-11H3,(H,55,56);4H,3H2,1-2H3;1H4/t32-,34+,35-,36+,37+,46+,47-,48-,49+;33-,35+,36-,37+,38+,45+,46-,47-,48+;;/m11../s1. The average Bonchev–Trinajstić information content (AvgIpc) is 1.67. The second-order valence-corrected chi connectivity index (χ2v) is 46.6. The molecule has 12 rings (SSSR count). The number of halogens is 2. The van der Waals surface area contributed by atoms with Crippen molar-refractivity contribution in [2.24, 2.45) is 112 Å². The molecule has 123 heavy (non-hydrogen) atoms. The molecule has 4 N–H and O–H groups in total. The molecule has 0 unspecified atom stereocenters. The summed E-state index contributed by atoms with van der Waals surface area (Å²) < 4.78 is 18.3. The number of hydrogen-bond donors (Lipinski definition) is 4. The number of ether oxygens (including phenoxy) is 3. The number of likely N-dealkylation sites (N-methyl/N-ethyl adjacent to an activating group) is 2. The highest BCUT2D eigenvalue weighted by Gasteiger charge is 2.74. The molecule has 19 nitrogen and oxygen atoms in total. The molecule has 10 aliphatic carbocycles. The van der Waals surface area contributed by atoms with Gasteiger partial charge in [0.2, 0.25) is 0 Å². The molecule has 0 aromatic heterocycles. The van der Waals surface area contributed by atoms with E-state index in [9.17, 15) is 58.8 Å². The van der Waals surface area contributed by atoms with E-state index in [1.165, 1.54) is 5.57 Å². The number of Topliss-reactive ketones (excluding diaryl/α,β-unsaturated/α-hetero) is 2. The van der Waals surface area contributed by atoms with Gasteiger partial charge in [-0.25, -0.2) is 4.79 Å². The van der Waals surface area contributed by atoms with Gasteiger partial charge in [0.05, 0.1) is 49.0 Å². The third-order valence-corrected chi connectivity index (χ3v) is 34.9. The zero-order valence-electron chi connectivity index (χ0n) is 79.0. The summed E-state index contributed by atoms with van der Waals surface area (Å²) >= 11 is 12.4. The summed E-state index contributed by atoms with van der Waals surface area (Å²) in [5, 5.41) is 46.0. The molecular weight excluding hydrogens is 1590 g/mol. The molecule has 0 aliphatic heterocycles. The zero-order valence-corrected chi connectivity index (χ0v) is 80.6. The number of hydrogen-bond acceptors (Lipinski definition) is 16. The number of aliphatic hydroxyl groups is 2. The van der Waals surface area contributed by atoms with E-state index in [0.717, 1.165) is 144 Å². The molecule has 21 heteroatoms. The largest absolute Gasteiger partial charge is 0.481 e. The van der Waals surface area contributed by atoms with Crippen LogP contribution in [0, 0.1) is 112 Å². The van der Waals surface area contributed by atoms with E-state index in [-0.39, 0.29) is 131 Å². The van der Waals surface area contributed by atoms with Crippen molar-refractivity contribution in [3.05, 3.63) is 92.0 Å². The lowest BCUT2D eigenvalue weighted by atomic mass is 9.33. The van der Waals surface area contributed by atoms with E-state index >= 15 is 0 Å². The predicted octanol–water partition coefficient (Wildman–Crippen LogP) is 20.7. The van der Waals surface area contributed by atoms with Crippen LogP contribution in [0.2, 0.25) is 10.0 Å². The van der Waals surface area contributed by atoms with E-state index in [1.807, 2.05) is 64.0 Å². The van der Waals surface area contributed by atoms with Crippen molar-refractivity contribution in [2.75, 3.05) is 60.9 Å². The predicted molar refractivity (Wildman–Crippen MR) is 487 cm³/mol. The zero-order chi connectivity index (χ0) is 91.0. The maximum absolute atomic E-state index is 14.3. The SMILES string of the molecule is C.CC(C)C1=C2[C@H]3CC[C@@H]4[C@@]5(C)CC[C@H](OC(=O)CC(C)(C)C(=O)O)C(C)(C)[C@@H]5CC[C@@]4(C)[C@]3(C)CC[C@@]2([C@@H](O)CN(CCN(C)C)Cc2ccc(Cl)cc2)CC1=O.CC(C)C1=C2[C@H]3CC[C@@H]4[C@@]5(C)CC[C@H](OC(=O)CC(C)(C)C(=O)O)C(C)(C)[C@@H]5CC[C@@]4(C)[C@]3(C)CC[C@@]2([C@@H](O)CN(Cc2ccc(Cl)cc2)C(=O)OC(C)(C)C)CC1=O.CN(C)CC=O. The maximum atomic E-state index is 14.3. The first-order chi connectivity index (χ1) is 56.3. The highest BCUT2D eigenvalue weighted by molar-refractivity contribution is 6.30. The van der Waals surface area contributed by atoms with E-state index < -0.39 is 69.4 Å². The first-order valence-electron chi connectivity index (χ1n) is 46.0. The van der Waals surface area contributed by atoms with Gasteiger partial charge >= 0.3 is 30.0 Å². The van der Waals surface area contributed by atoms with E-state index in [2.05, 4.69) is 133 Å². The molecule has 2 aromatic carbocycles. The topological polar surface area (TPSA) is 258 Å². The molecule has 0 saturated heterocycles. The number of carbonyl (C=O) groups excluding carboxylic acids is 6. The van der Waals surface area contributed by atoms with Crippen LogP contribution in [0.15, 0.2) is 70.8 Å². The van der Waals surface area contributed by atoms with E-state index in [1.54, 1.807) is 44.7 Å². The van der Waals surface area contributed by atoms with Gasteiger partial charge in [-0.1, -0.05) is 163 Å². The number of carboxylic acids is 2. The highest BCUT2D eigenvalue weighted by Crippen LogP contribution is 2.80. The van der Waals surface area contributed by atoms with Crippen molar-refractivity contribution in [1.29, 1.82) is 0 Å². The number of aldehydes is 1. The van der Waals surface area contributed by atoms with Crippen LogP contribution in [0.25, 0.3) is 0 Å². The van der Waals surface area contributed by atoms with Crippen molar-refractivity contribution < 1.29 is 73.0 Å². The number of rotatable bonds is 25. The monoisotopic (exact) mass is 1750 g/mol. The summed E-state index contributed by atoms with van der Waals surface area (Å²) in [5.41, 5.74) is 1.29. The number of ketones is 2. The normalized spacial score (nSPS) is 33.5. The number of aliphatic hydroxyl groups excluding tert-OH is 2. The van der Waals surface area contributed by atoms with Crippen LogP contribution in [0.3, 0.4) is 0 Å². The minimum atomic E-state index is -1.19. The Morgan fingerprint density at radius 2 is 0.878 bits per heavy atom. The molecule has 10 aliphatic rings. The number of esters is 2. The van der Waals surface area contributed by atoms with Gasteiger partial charge in [0.1, 0.15) is 24.1 Å².